The highest BCUT2D eigenvalue weighted by atomic mass is 16.5. The highest BCUT2D eigenvalue weighted by molar-refractivity contribution is 6.40. The van der Waals surface area contributed by atoms with Crippen LogP contribution in [0.15, 0.2) is 9.32 Å². The van der Waals surface area contributed by atoms with E-state index in [1.807, 2.05) is 0 Å². The second kappa shape index (κ2) is 2.29. The van der Waals surface area contributed by atoms with Gasteiger partial charge in [0.1, 0.15) is 0 Å². The molecule has 4 nitrogen and oxygen atoms in total. The van der Waals surface area contributed by atoms with Crippen molar-refractivity contribution in [1.82, 2.24) is 10.5 Å². The van der Waals surface area contributed by atoms with Crippen LogP contribution in [0.3, 0.4) is 0 Å². The van der Waals surface area contributed by atoms with E-state index in [0.29, 0.717) is 24.4 Å². The molecule has 0 aromatic carbocycles. The summed E-state index contributed by atoms with van der Waals surface area (Å²) in [5, 5.41) is 4.03. The van der Waals surface area contributed by atoms with Gasteiger partial charge < -0.3 is 9.84 Å². The molecule has 0 fully saturated rings. The van der Waals surface area contributed by atoms with Crippen molar-refractivity contribution in [3.63, 3.8) is 0 Å². The van der Waals surface area contributed by atoms with E-state index in [2.05, 4.69) is 10.5 Å². The largest absolute Gasteiger partial charge is 0.382 e. The van der Waals surface area contributed by atoms with Crippen molar-refractivity contribution in [2.24, 2.45) is 0 Å². The van der Waals surface area contributed by atoms with Crippen LogP contribution in [-0.2, 0) is 11.8 Å². The number of aromatic amines is 1. The first-order chi connectivity index (χ1) is 5.61. The molecular weight excluding hydrogens is 154 g/mol. The maximum absolute atomic E-state index is 11.1. The van der Waals surface area contributed by atoms with E-state index >= 15 is 0 Å². The molecule has 1 aromatic rings. The molecule has 0 atom stereocenters. The Kier molecular flexibility index (Phi) is 1.48. The van der Waals surface area contributed by atoms with Crippen LogP contribution in [0.1, 0.15) is 11.3 Å². The summed E-state index contributed by atoms with van der Waals surface area (Å²) in [5.41, 5.74) is 0.0118. The minimum Gasteiger partial charge on any atom is -0.382 e. The first-order valence-corrected chi connectivity index (χ1v) is 3.60. The van der Waals surface area contributed by atoms with Crippen LogP contribution < -0.4 is 10.9 Å². The van der Waals surface area contributed by atoms with Gasteiger partial charge in [0.25, 0.3) is 5.56 Å². The Hall–Kier alpha value is -0.900. The van der Waals surface area contributed by atoms with Crippen molar-refractivity contribution in [3.8, 4) is 0 Å². The molecule has 2 N–H and O–H groups in total. The summed E-state index contributed by atoms with van der Waals surface area (Å²) in [6, 6.07) is 0. The lowest BCUT2D eigenvalue weighted by atomic mass is 9.50. The third kappa shape index (κ3) is 0.948. The van der Waals surface area contributed by atoms with E-state index in [1.54, 1.807) is 0 Å². The lowest BCUT2D eigenvalue weighted by Gasteiger charge is -2.28. The predicted molar refractivity (Wildman–Crippen MR) is 44.2 cm³/mol. The number of aromatic nitrogens is 1. The zero-order valence-electron chi connectivity index (χ0n) is 6.39. The number of nitrogens with one attached hydrogen (secondary N) is 2. The van der Waals surface area contributed by atoms with E-state index < -0.39 is 5.21 Å². The molecule has 0 saturated carbocycles. The van der Waals surface area contributed by atoms with Gasteiger partial charge in [0.05, 0.1) is 27.8 Å². The summed E-state index contributed by atoms with van der Waals surface area (Å²) in [5.74, 6) is 0.497. The molecule has 0 unspecified atom stereocenters. The zero-order chi connectivity index (χ0) is 8.77. The highest BCUT2D eigenvalue weighted by Crippen LogP contribution is 2.20. The van der Waals surface area contributed by atoms with E-state index in [1.165, 1.54) is 0 Å². The molecule has 0 aliphatic carbocycles. The van der Waals surface area contributed by atoms with Crippen LogP contribution in [0.5, 0.6) is 0 Å². The third-order valence-corrected chi connectivity index (χ3v) is 1.94. The average molecular weight is 160 g/mol. The molecule has 0 amide bonds. The Balaban J connectivity index is 2.63. The van der Waals surface area contributed by atoms with Crippen LogP contribution in [-0.4, -0.2) is 27.4 Å². The summed E-state index contributed by atoms with van der Waals surface area (Å²) >= 11 is 0. The van der Waals surface area contributed by atoms with Gasteiger partial charge in [-0.3, -0.25) is 4.79 Å². The monoisotopic (exact) mass is 160 g/mol. The van der Waals surface area contributed by atoms with Crippen LogP contribution in [0, 0.1) is 0 Å². The predicted octanol–water partition coefficient (Wildman–Crippen LogP) is -1.44. The first kappa shape index (κ1) is 7.73. The van der Waals surface area contributed by atoms with Crippen LogP contribution in [0.25, 0.3) is 0 Å². The Morgan fingerprint density at radius 3 is 2.92 bits per heavy atom. The minimum atomic E-state index is -1.12. The molecule has 12 heavy (non-hydrogen) atoms. The highest BCUT2D eigenvalue weighted by Gasteiger charge is 2.31. The number of rotatable bonds is 0. The fourth-order valence-corrected chi connectivity index (χ4v) is 1.40. The third-order valence-electron chi connectivity index (χ3n) is 1.94. The molecule has 1 aliphatic heterocycles. The first-order valence-electron chi connectivity index (χ1n) is 3.60. The van der Waals surface area contributed by atoms with Gasteiger partial charge >= 0.3 is 0 Å². The topological polar surface area (TPSA) is 58.0 Å². The van der Waals surface area contributed by atoms with Gasteiger partial charge in [-0.15, -0.1) is 0 Å². The molecule has 6 heteroatoms. The Labute approximate surface area is 71.5 Å². The van der Waals surface area contributed by atoms with E-state index in [9.17, 15) is 4.79 Å². The summed E-state index contributed by atoms with van der Waals surface area (Å²) in [6.07, 6.45) is 0. The van der Waals surface area contributed by atoms with Crippen LogP contribution in [0.2, 0.25) is 0 Å². The van der Waals surface area contributed by atoms with Gasteiger partial charge in [-0.05, 0) is 6.54 Å². The Bertz CT molecular complexity index is 355. The lowest BCUT2D eigenvalue weighted by molar-refractivity contribution is 0.359. The zero-order valence-corrected chi connectivity index (χ0v) is 6.39. The normalized spacial score (nSPS) is 20.3. The van der Waals surface area contributed by atoms with Crippen molar-refractivity contribution >= 4 is 15.7 Å². The molecule has 0 spiro atoms. The van der Waals surface area contributed by atoms with Crippen LogP contribution >= 0.6 is 0 Å². The fraction of sp³-hybridized carbons (Fsp3) is 0.500. The van der Waals surface area contributed by atoms with Gasteiger partial charge in [0, 0.05) is 0 Å². The summed E-state index contributed by atoms with van der Waals surface area (Å²) < 4.78 is 4.86. The van der Waals surface area contributed by atoms with Gasteiger partial charge in [0.15, 0.2) is 5.76 Å². The second-order valence-electron chi connectivity index (χ2n) is 2.98. The molecule has 1 aliphatic rings. The number of hydrogen-bond acceptors (Lipinski definition) is 3. The molecule has 0 bridgehead atoms. The standard InChI is InChI=1S/C6H6B2N2O2/c7-6(8)2-9-1-3-4(6)5(11)10-12-3/h9H,1-2H2,(H,10,11). The van der Waals surface area contributed by atoms with Gasteiger partial charge in [-0.1, -0.05) is 5.21 Å². The molecule has 1 aromatic heterocycles. The molecule has 58 valence electrons. The SMILES string of the molecule is [B]C1([B])CNCc2o[nH]c(=O)c21. The maximum atomic E-state index is 11.1. The summed E-state index contributed by atoms with van der Waals surface area (Å²) in [4.78, 5) is 11.1. The van der Waals surface area contributed by atoms with E-state index in [0.717, 1.165) is 0 Å². The molecule has 4 radical (unpaired) electrons. The van der Waals surface area contributed by atoms with Gasteiger partial charge in [-0.2, -0.15) is 5.16 Å². The van der Waals surface area contributed by atoms with Crippen LogP contribution in [0.4, 0.5) is 0 Å². The van der Waals surface area contributed by atoms with Gasteiger partial charge in [-0.25, -0.2) is 0 Å². The van der Waals surface area contributed by atoms with Crippen molar-refractivity contribution in [2.45, 2.75) is 11.8 Å². The van der Waals surface area contributed by atoms with Crippen molar-refractivity contribution in [3.05, 3.63) is 21.7 Å². The maximum Gasteiger partial charge on any atom is 0.282 e. The summed E-state index contributed by atoms with van der Waals surface area (Å²) in [7, 11) is 11.3. The number of fused-ring (bicyclic) bond motifs is 1. The van der Waals surface area contributed by atoms with E-state index in [4.69, 9.17) is 20.2 Å². The van der Waals surface area contributed by atoms with Crippen molar-refractivity contribution in [2.75, 3.05) is 6.54 Å². The quantitative estimate of drug-likeness (QED) is 0.456. The smallest absolute Gasteiger partial charge is 0.282 e. The van der Waals surface area contributed by atoms with Gasteiger partial charge in [0.2, 0.25) is 0 Å². The fourth-order valence-electron chi connectivity index (χ4n) is 1.40. The van der Waals surface area contributed by atoms with E-state index in [-0.39, 0.29) is 5.56 Å². The number of hydrogen-bond donors (Lipinski definition) is 2. The molecule has 2 heterocycles. The Morgan fingerprint density at radius 2 is 2.25 bits per heavy atom. The molecule has 2 rings (SSSR count). The summed E-state index contributed by atoms with van der Waals surface area (Å²) in [6.45, 7) is 0.868. The van der Waals surface area contributed by atoms with Crippen molar-refractivity contribution < 1.29 is 4.52 Å². The Morgan fingerprint density at radius 1 is 1.50 bits per heavy atom. The van der Waals surface area contributed by atoms with Crippen molar-refractivity contribution in [1.29, 1.82) is 0 Å². The average Bonchev–Trinajstić information content (AvgIpc) is 2.32. The lowest BCUT2D eigenvalue weighted by Crippen LogP contribution is -2.46. The molecule has 0 saturated heterocycles. The second-order valence-corrected chi connectivity index (χ2v) is 2.98. The molecular formula is C6H6B2N2O2. The minimum absolute atomic E-state index is 0.337. The number of H-pyrrole nitrogens is 1.